The maximum Gasteiger partial charge on any atom is 0.328 e. The van der Waals surface area contributed by atoms with Crippen molar-refractivity contribution in [3.8, 4) is 0 Å². The molecule has 0 aliphatic carbocycles. The molecule has 0 bridgehead atoms. The third kappa shape index (κ3) is 3.32. The number of nitrogens with zero attached hydrogens (tertiary/aromatic N) is 1. The zero-order valence-corrected chi connectivity index (χ0v) is 10.0. The Kier molecular flexibility index (Phi) is 4.77. The number of aromatic nitrogens is 2. The number of rotatable bonds is 5. The van der Waals surface area contributed by atoms with E-state index < -0.39 is 5.69 Å². The van der Waals surface area contributed by atoms with Crippen LogP contribution in [0.4, 0.5) is 0 Å². The molecule has 0 aliphatic rings. The predicted molar refractivity (Wildman–Crippen MR) is 60.1 cm³/mol. The molecule has 0 saturated heterocycles. The molecule has 1 aromatic heterocycles. The molecule has 1 N–H and O–H groups in total. The maximum absolute atomic E-state index is 11.5. The minimum absolute atomic E-state index is 0.271. The molecular weight excluding hydrogens is 264 g/mol. The van der Waals surface area contributed by atoms with Gasteiger partial charge in [0.25, 0.3) is 5.56 Å². The van der Waals surface area contributed by atoms with E-state index in [2.05, 4.69) is 20.9 Å². The summed E-state index contributed by atoms with van der Waals surface area (Å²) in [5.41, 5.74) is -0.748. The summed E-state index contributed by atoms with van der Waals surface area (Å²) in [5, 5.41) is 0. The normalized spacial score (nSPS) is 10.5. The number of aromatic amines is 1. The predicted octanol–water partition coefficient (Wildman–Crippen LogP) is 0.726. The van der Waals surface area contributed by atoms with Crippen molar-refractivity contribution in [2.45, 2.75) is 19.9 Å². The number of ether oxygens (including phenoxy) is 1. The van der Waals surface area contributed by atoms with Crippen LogP contribution in [0.5, 0.6) is 0 Å². The van der Waals surface area contributed by atoms with Gasteiger partial charge in [0.05, 0.1) is 17.6 Å². The second-order valence-corrected chi connectivity index (χ2v) is 3.87. The zero-order chi connectivity index (χ0) is 11.3. The Bertz CT molecular complexity index is 424. The number of H-pyrrole nitrogens is 1. The second-order valence-electron chi connectivity index (χ2n) is 3.01. The second kappa shape index (κ2) is 5.87. The zero-order valence-electron chi connectivity index (χ0n) is 8.46. The van der Waals surface area contributed by atoms with E-state index in [0.717, 1.165) is 11.0 Å². The lowest BCUT2D eigenvalue weighted by Crippen LogP contribution is -2.36. The summed E-state index contributed by atoms with van der Waals surface area (Å²) < 4.78 is 6.66. The van der Waals surface area contributed by atoms with Gasteiger partial charge >= 0.3 is 5.69 Å². The van der Waals surface area contributed by atoms with Crippen LogP contribution in [-0.2, 0) is 11.3 Å². The van der Waals surface area contributed by atoms with E-state index >= 15 is 0 Å². The largest absolute Gasteiger partial charge is 0.380 e. The molecule has 1 rings (SSSR count). The average molecular weight is 277 g/mol. The molecule has 0 amide bonds. The molecule has 1 heterocycles. The molecule has 6 heteroatoms. The summed E-state index contributed by atoms with van der Waals surface area (Å²) in [6.07, 6.45) is 2.26. The lowest BCUT2D eigenvalue weighted by Gasteiger charge is -2.04. The van der Waals surface area contributed by atoms with Crippen LogP contribution in [0.3, 0.4) is 0 Å². The van der Waals surface area contributed by atoms with Crippen molar-refractivity contribution in [1.29, 1.82) is 0 Å². The molecule has 0 saturated carbocycles. The summed E-state index contributed by atoms with van der Waals surface area (Å²) >= 11 is 3.06. The Morgan fingerprint density at radius 2 is 2.20 bits per heavy atom. The van der Waals surface area contributed by atoms with Gasteiger partial charge in [0.2, 0.25) is 0 Å². The van der Waals surface area contributed by atoms with Gasteiger partial charge in [-0.1, -0.05) is 6.92 Å². The highest BCUT2D eigenvalue weighted by Crippen LogP contribution is 1.96. The average Bonchev–Trinajstić information content (AvgIpc) is 2.23. The first-order chi connectivity index (χ1) is 7.16. The molecule has 0 aliphatic heterocycles. The Morgan fingerprint density at radius 1 is 1.47 bits per heavy atom. The summed E-state index contributed by atoms with van der Waals surface area (Å²) in [7, 11) is 0. The monoisotopic (exact) mass is 276 g/mol. The van der Waals surface area contributed by atoms with Crippen LogP contribution in [0.2, 0.25) is 0 Å². The summed E-state index contributed by atoms with van der Waals surface area (Å²) in [4.78, 5) is 25.2. The van der Waals surface area contributed by atoms with Crippen LogP contribution in [0.1, 0.15) is 13.3 Å². The summed E-state index contributed by atoms with van der Waals surface area (Å²) in [6.45, 7) is 3.28. The van der Waals surface area contributed by atoms with E-state index in [1.54, 1.807) is 0 Å². The van der Waals surface area contributed by atoms with Gasteiger partial charge in [-0.3, -0.25) is 9.36 Å². The van der Waals surface area contributed by atoms with Crippen LogP contribution < -0.4 is 11.2 Å². The topological polar surface area (TPSA) is 64.1 Å². The van der Waals surface area contributed by atoms with Crippen molar-refractivity contribution in [3.05, 3.63) is 31.5 Å². The highest BCUT2D eigenvalue weighted by Gasteiger charge is 2.04. The minimum Gasteiger partial charge on any atom is -0.380 e. The SMILES string of the molecule is CCCOCCn1c(=O)[nH]cc(Br)c1=O. The Morgan fingerprint density at radius 3 is 2.87 bits per heavy atom. The third-order valence-electron chi connectivity index (χ3n) is 1.82. The fraction of sp³-hybridized carbons (Fsp3) is 0.556. The van der Waals surface area contributed by atoms with Crippen LogP contribution in [0.15, 0.2) is 20.3 Å². The lowest BCUT2D eigenvalue weighted by molar-refractivity contribution is 0.125. The van der Waals surface area contributed by atoms with E-state index in [-0.39, 0.29) is 12.1 Å². The fourth-order valence-corrected chi connectivity index (χ4v) is 1.42. The molecule has 0 radical (unpaired) electrons. The van der Waals surface area contributed by atoms with E-state index in [9.17, 15) is 9.59 Å². The Hall–Kier alpha value is -0.880. The summed E-state index contributed by atoms with van der Waals surface area (Å²) in [6, 6.07) is 0. The first kappa shape index (κ1) is 12.2. The van der Waals surface area contributed by atoms with Crippen LogP contribution >= 0.6 is 15.9 Å². The molecule has 1 aromatic rings. The van der Waals surface area contributed by atoms with Crippen molar-refractivity contribution in [2.24, 2.45) is 0 Å². The number of halogens is 1. The maximum atomic E-state index is 11.5. The van der Waals surface area contributed by atoms with E-state index in [1.807, 2.05) is 6.92 Å². The van der Waals surface area contributed by atoms with E-state index in [0.29, 0.717) is 17.7 Å². The standard InChI is InChI=1S/C9H13BrN2O3/c1-2-4-15-5-3-12-8(13)7(10)6-11-9(12)14/h6H,2-5H2,1H3,(H,11,14). The first-order valence-corrected chi connectivity index (χ1v) is 5.52. The fourth-order valence-electron chi connectivity index (χ4n) is 1.09. The van der Waals surface area contributed by atoms with Gasteiger partial charge in [-0.15, -0.1) is 0 Å². The molecule has 84 valence electrons. The van der Waals surface area contributed by atoms with Gasteiger partial charge in [0, 0.05) is 12.8 Å². The highest BCUT2D eigenvalue weighted by molar-refractivity contribution is 9.10. The smallest absolute Gasteiger partial charge is 0.328 e. The summed E-state index contributed by atoms with van der Waals surface area (Å²) in [5.74, 6) is 0. The van der Waals surface area contributed by atoms with Crippen molar-refractivity contribution >= 4 is 15.9 Å². The van der Waals surface area contributed by atoms with E-state index in [1.165, 1.54) is 6.20 Å². The minimum atomic E-state index is -0.414. The molecule has 15 heavy (non-hydrogen) atoms. The first-order valence-electron chi connectivity index (χ1n) is 4.72. The molecule has 0 fully saturated rings. The Labute approximate surface area is 95.2 Å². The molecular formula is C9H13BrN2O3. The van der Waals surface area contributed by atoms with Crippen molar-refractivity contribution in [2.75, 3.05) is 13.2 Å². The highest BCUT2D eigenvalue weighted by atomic mass is 79.9. The van der Waals surface area contributed by atoms with Gasteiger partial charge in [-0.25, -0.2) is 4.79 Å². The molecule has 0 atom stereocenters. The van der Waals surface area contributed by atoms with Crippen molar-refractivity contribution in [3.63, 3.8) is 0 Å². The van der Waals surface area contributed by atoms with Gasteiger partial charge in [-0.05, 0) is 22.4 Å². The van der Waals surface area contributed by atoms with Crippen molar-refractivity contribution in [1.82, 2.24) is 9.55 Å². The van der Waals surface area contributed by atoms with Crippen molar-refractivity contribution < 1.29 is 4.74 Å². The number of hydrogen-bond acceptors (Lipinski definition) is 3. The third-order valence-corrected chi connectivity index (χ3v) is 2.39. The van der Waals surface area contributed by atoms with Gasteiger partial charge in [0.1, 0.15) is 0 Å². The molecule has 0 unspecified atom stereocenters. The van der Waals surface area contributed by atoms with Crippen LogP contribution in [0.25, 0.3) is 0 Å². The Balaban J connectivity index is 2.72. The van der Waals surface area contributed by atoms with E-state index in [4.69, 9.17) is 4.74 Å². The van der Waals surface area contributed by atoms with Crippen LogP contribution in [0, 0.1) is 0 Å². The lowest BCUT2D eigenvalue weighted by atomic mass is 10.5. The quantitative estimate of drug-likeness (QED) is 0.807. The molecule has 5 nitrogen and oxygen atoms in total. The van der Waals surface area contributed by atoms with Gasteiger partial charge in [0.15, 0.2) is 0 Å². The van der Waals surface area contributed by atoms with Crippen LogP contribution in [-0.4, -0.2) is 22.8 Å². The number of nitrogens with one attached hydrogen (secondary N) is 1. The molecule has 0 aromatic carbocycles. The van der Waals surface area contributed by atoms with Gasteiger partial charge < -0.3 is 9.72 Å². The van der Waals surface area contributed by atoms with Gasteiger partial charge in [-0.2, -0.15) is 0 Å². The number of hydrogen-bond donors (Lipinski definition) is 1. The molecule has 0 spiro atoms.